The van der Waals surface area contributed by atoms with Crippen LogP contribution in [0.3, 0.4) is 0 Å². The van der Waals surface area contributed by atoms with E-state index in [0.29, 0.717) is 0 Å². The molecule has 1 aliphatic heterocycles. The molecule has 0 amide bonds. The number of methoxy groups -OCH3 is 1. The first-order valence-corrected chi connectivity index (χ1v) is 7.82. The molecular formula is C17H26IN3O2. The number of hydrogen-bond acceptors (Lipinski definition) is 3. The van der Waals surface area contributed by atoms with Crippen LogP contribution in [0.15, 0.2) is 35.3 Å². The summed E-state index contributed by atoms with van der Waals surface area (Å²) in [6.45, 7) is 2.53. The van der Waals surface area contributed by atoms with Crippen LogP contribution < -0.4 is 5.32 Å². The van der Waals surface area contributed by atoms with Gasteiger partial charge in [0.05, 0.1) is 13.0 Å². The molecule has 1 fully saturated rings. The molecule has 1 heterocycles. The predicted molar refractivity (Wildman–Crippen MR) is 103 cm³/mol. The number of nitrogens with zero attached hydrogens (tertiary/aromatic N) is 2. The van der Waals surface area contributed by atoms with Crippen molar-refractivity contribution in [3.05, 3.63) is 35.9 Å². The third kappa shape index (κ3) is 6.01. The Hall–Kier alpha value is -1.31. The number of hydrogen-bond donors (Lipinski definition) is 1. The Balaban J connectivity index is 0.00000264. The highest BCUT2D eigenvalue weighted by Gasteiger charge is 2.26. The van der Waals surface area contributed by atoms with Crippen molar-refractivity contribution in [1.82, 2.24) is 10.2 Å². The van der Waals surface area contributed by atoms with E-state index in [2.05, 4.69) is 39.5 Å². The summed E-state index contributed by atoms with van der Waals surface area (Å²) >= 11 is 0. The van der Waals surface area contributed by atoms with Crippen LogP contribution in [-0.2, 0) is 16.0 Å². The van der Waals surface area contributed by atoms with Crippen LogP contribution in [0.2, 0.25) is 0 Å². The first-order valence-electron chi connectivity index (χ1n) is 7.82. The summed E-state index contributed by atoms with van der Waals surface area (Å²) in [7, 11) is 3.26. The number of guanidine groups is 1. The van der Waals surface area contributed by atoms with Gasteiger partial charge in [-0.05, 0) is 24.8 Å². The zero-order chi connectivity index (χ0) is 15.8. The lowest BCUT2D eigenvalue weighted by molar-refractivity contribution is -0.146. The second kappa shape index (κ2) is 10.5. The Morgan fingerprint density at radius 1 is 1.30 bits per heavy atom. The van der Waals surface area contributed by atoms with Crippen molar-refractivity contribution in [2.75, 3.05) is 33.8 Å². The molecule has 1 aromatic carbocycles. The van der Waals surface area contributed by atoms with Gasteiger partial charge < -0.3 is 15.0 Å². The molecule has 128 valence electrons. The molecule has 23 heavy (non-hydrogen) atoms. The molecule has 0 atom stereocenters. The number of piperidine rings is 1. The van der Waals surface area contributed by atoms with E-state index in [-0.39, 0.29) is 35.9 Å². The molecule has 0 unspecified atom stereocenters. The molecule has 0 aliphatic carbocycles. The average molecular weight is 431 g/mol. The average Bonchev–Trinajstić information content (AvgIpc) is 2.59. The van der Waals surface area contributed by atoms with Crippen molar-refractivity contribution in [2.24, 2.45) is 10.9 Å². The summed E-state index contributed by atoms with van der Waals surface area (Å²) in [4.78, 5) is 18.1. The van der Waals surface area contributed by atoms with Crippen molar-refractivity contribution in [2.45, 2.75) is 19.3 Å². The zero-order valence-corrected chi connectivity index (χ0v) is 16.2. The second-order valence-electron chi connectivity index (χ2n) is 5.49. The van der Waals surface area contributed by atoms with Gasteiger partial charge in [0, 0.05) is 26.7 Å². The van der Waals surface area contributed by atoms with E-state index in [1.165, 1.54) is 12.7 Å². The maximum atomic E-state index is 11.6. The molecule has 0 bridgehead atoms. The quantitative estimate of drug-likeness (QED) is 0.344. The van der Waals surface area contributed by atoms with Crippen molar-refractivity contribution in [3.8, 4) is 0 Å². The summed E-state index contributed by atoms with van der Waals surface area (Å²) in [6, 6.07) is 10.4. The zero-order valence-electron chi connectivity index (χ0n) is 13.8. The van der Waals surface area contributed by atoms with E-state index < -0.39 is 0 Å². The summed E-state index contributed by atoms with van der Waals surface area (Å²) in [5.74, 6) is 0.856. The number of ether oxygens (including phenoxy) is 1. The van der Waals surface area contributed by atoms with Crippen molar-refractivity contribution < 1.29 is 9.53 Å². The Bertz CT molecular complexity index is 500. The van der Waals surface area contributed by atoms with E-state index in [1.54, 1.807) is 7.05 Å². The van der Waals surface area contributed by atoms with E-state index in [0.717, 1.165) is 44.9 Å². The van der Waals surface area contributed by atoms with Gasteiger partial charge in [0.25, 0.3) is 0 Å². The molecule has 6 heteroatoms. The Labute approximate surface area is 155 Å². The monoisotopic (exact) mass is 431 g/mol. The third-order valence-corrected chi connectivity index (χ3v) is 4.08. The standard InChI is InChI=1S/C17H25N3O2.HI/c1-18-17(19-11-8-14-6-4-3-5-7-14)20-12-9-15(10-13-20)16(21)22-2;/h3-7,15H,8-13H2,1-2H3,(H,18,19);1H. The molecule has 5 nitrogen and oxygen atoms in total. The van der Waals surface area contributed by atoms with E-state index in [9.17, 15) is 4.79 Å². The normalized spacial score (nSPS) is 15.7. The SMILES string of the molecule is CN=C(NCCc1ccccc1)N1CCC(C(=O)OC)CC1.I. The molecule has 1 N–H and O–H groups in total. The lowest BCUT2D eigenvalue weighted by Gasteiger charge is -2.33. The largest absolute Gasteiger partial charge is 0.469 e. The van der Waals surface area contributed by atoms with Gasteiger partial charge in [-0.3, -0.25) is 9.79 Å². The van der Waals surface area contributed by atoms with Gasteiger partial charge in [0.1, 0.15) is 0 Å². The van der Waals surface area contributed by atoms with Crippen LogP contribution in [0.25, 0.3) is 0 Å². The van der Waals surface area contributed by atoms with Gasteiger partial charge >= 0.3 is 5.97 Å². The van der Waals surface area contributed by atoms with E-state index in [1.807, 2.05) is 6.07 Å². The smallest absolute Gasteiger partial charge is 0.308 e. The first kappa shape index (κ1) is 19.7. The predicted octanol–water partition coefficient (Wildman–Crippen LogP) is 2.31. The highest BCUT2D eigenvalue weighted by atomic mass is 127. The maximum absolute atomic E-state index is 11.6. The minimum atomic E-state index is -0.0910. The molecular weight excluding hydrogens is 405 g/mol. The Morgan fingerprint density at radius 2 is 1.96 bits per heavy atom. The van der Waals surface area contributed by atoms with Crippen LogP contribution >= 0.6 is 24.0 Å². The number of esters is 1. The number of rotatable bonds is 4. The molecule has 0 radical (unpaired) electrons. The third-order valence-electron chi connectivity index (χ3n) is 4.08. The maximum Gasteiger partial charge on any atom is 0.308 e. The Morgan fingerprint density at radius 3 is 2.52 bits per heavy atom. The van der Waals surface area contributed by atoms with Gasteiger partial charge in [-0.15, -0.1) is 24.0 Å². The number of benzene rings is 1. The summed E-state index contributed by atoms with van der Waals surface area (Å²) in [5.41, 5.74) is 1.31. The molecule has 0 spiro atoms. The van der Waals surface area contributed by atoms with Crippen molar-refractivity contribution in [3.63, 3.8) is 0 Å². The summed E-state index contributed by atoms with van der Waals surface area (Å²) < 4.78 is 4.82. The topological polar surface area (TPSA) is 53.9 Å². The molecule has 1 aliphatic rings. The number of carbonyl (C=O) groups excluding carboxylic acids is 1. The highest BCUT2D eigenvalue weighted by molar-refractivity contribution is 14.0. The molecule has 2 rings (SSSR count). The number of halogens is 1. The highest BCUT2D eigenvalue weighted by Crippen LogP contribution is 2.18. The van der Waals surface area contributed by atoms with Crippen LogP contribution in [0.5, 0.6) is 0 Å². The van der Waals surface area contributed by atoms with E-state index in [4.69, 9.17) is 4.74 Å². The van der Waals surface area contributed by atoms with Gasteiger partial charge in [0.15, 0.2) is 5.96 Å². The Kier molecular flexibility index (Phi) is 8.98. The van der Waals surface area contributed by atoms with Crippen LogP contribution in [0, 0.1) is 5.92 Å². The fourth-order valence-corrected chi connectivity index (χ4v) is 2.79. The van der Waals surface area contributed by atoms with Crippen molar-refractivity contribution >= 4 is 35.9 Å². The summed E-state index contributed by atoms with van der Waals surface area (Å²) in [5, 5.41) is 3.41. The molecule has 0 aromatic heterocycles. The minimum Gasteiger partial charge on any atom is -0.469 e. The van der Waals surface area contributed by atoms with E-state index >= 15 is 0 Å². The summed E-state index contributed by atoms with van der Waals surface area (Å²) in [6.07, 6.45) is 2.62. The van der Waals surface area contributed by atoms with Crippen LogP contribution in [-0.4, -0.2) is 50.6 Å². The first-order chi connectivity index (χ1) is 10.7. The fourth-order valence-electron chi connectivity index (χ4n) is 2.79. The van der Waals surface area contributed by atoms with Gasteiger partial charge in [-0.2, -0.15) is 0 Å². The van der Waals surface area contributed by atoms with Gasteiger partial charge in [-0.1, -0.05) is 30.3 Å². The second-order valence-corrected chi connectivity index (χ2v) is 5.49. The minimum absolute atomic E-state index is 0. The number of aliphatic imine (C=N–C) groups is 1. The number of nitrogens with one attached hydrogen (secondary N) is 1. The van der Waals surface area contributed by atoms with Gasteiger partial charge in [-0.25, -0.2) is 0 Å². The number of likely N-dealkylation sites (tertiary alicyclic amines) is 1. The lowest BCUT2D eigenvalue weighted by atomic mass is 9.97. The van der Waals surface area contributed by atoms with Gasteiger partial charge in [0.2, 0.25) is 0 Å². The van der Waals surface area contributed by atoms with Crippen LogP contribution in [0.4, 0.5) is 0 Å². The van der Waals surface area contributed by atoms with Crippen molar-refractivity contribution in [1.29, 1.82) is 0 Å². The molecule has 1 saturated heterocycles. The molecule has 1 aromatic rings. The van der Waals surface area contributed by atoms with Crippen LogP contribution in [0.1, 0.15) is 18.4 Å². The molecule has 0 saturated carbocycles. The number of carbonyl (C=O) groups is 1. The lowest BCUT2D eigenvalue weighted by Crippen LogP contribution is -2.47. The fraction of sp³-hybridized carbons (Fsp3) is 0.529.